The lowest BCUT2D eigenvalue weighted by Gasteiger charge is -2.14. The number of nitro groups is 1. The molecule has 0 N–H and O–H groups in total. The molecule has 0 amide bonds. The van der Waals surface area contributed by atoms with Gasteiger partial charge in [0.15, 0.2) is 0 Å². The Morgan fingerprint density at radius 2 is 1.81 bits per heavy atom. The Bertz CT molecular complexity index is 553. The van der Waals surface area contributed by atoms with Gasteiger partial charge in [0.05, 0.1) is 4.92 Å². The SMILES string of the molecule is Cc1c([N+](=O)[O-])c(=O)n(C)c(=O)n1C(C)C. The third kappa shape index (κ3) is 1.64. The normalized spacial score (nSPS) is 10.8. The highest BCUT2D eigenvalue weighted by molar-refractivity contribution is 5.32. The van der Waals surface area contributed by atoms with Crippen molar-refractivity contribution in [1.29, 1.82) is 0 Å². The van der Waals surface area contributed by atoms with E-state index >= 15 is 0 Å². The predicted octanol–water partition coefficient (Wildman–Crippen LogP) is 0.345. The Balaban J connectivity index is 3.88. The van der Waals surface area contributed by atoms with Gasteiger partial charge in [0.1, 0.15) is 5.69 Å². The van der Waals surface area contributed by atoms with E-state index in [1.54, 1.807) is 13.8 Å². The first kappa shape index (κ1) is 12.2. The zero-order chi connectivity index (χ0) is 12.6. The molecule has 0 saturated carbocycles. The second-order valence-corrected chi connectivity index (χ2v) is 3.80. The predicted molar refractivity (Wildman–Crippen MR) is 57.7 cm³/mol. The van der Waals surface area contributed by atoms with Crippen LogP contribution in [0.3, 0.4) is 0 Å². The van der Waals surface area contributed by atoms with Gasteiger partial charge in [0.2, 0.25) is 0 Å². The van der Waals surface area contributed by atoms with Gasteiger partial charge in [-0.25, -0.2) is 4.79 Å². The van der Waals surface area contributed by atoms with E-state index in [4.69, 9.17) is 0 Å². The van der Waals surface area contributed by atoms with E-state index in [9.17, 15) is 19.7 Å². The molecule has 7 heteroatoms. The van der Waals surface area contributed by atoms with Gasteiger partial charge in [-0.3, -0.25) is 24.0 Å². The fraction of sp³-hybridized carbons (Fsp3) is 0.556. The van der Waals surface area contributed by atoms with E-state index in [-0.39, 0.29) is 11.7 Å². The average Bonchev–Trinajstić information content (AvgIpc) is 2.13. The molecule has 1 heterocycles. The number of hydrogen-bond acceptors (Lipinski definition) is 4. The maximum absolute atomic E-state index is 11.7. The lowest BCUT2D eigenvalue weighted by molar-refractivity contribution is -0.387. The maximum Gasteiger partial charge on any atom is 0.353 e. The monoisotopic (exact) mass is 227 g/mol. The summed E-state index contributed by atoms with van der Waals surface area (Å²) in [6.45, 7) is 4.85. The van der Waals surface area contributed by atoms with Crippen molar-refractivity contribution in [3.05, 3.63) is 36.6 Å². The van der Waals surface area contributed by atoms with Gasteiger partial charge in [-0.2, -0.15) is 0 Å². The molecule has 0 unspecified atom stereocenters. The molecule has 0 aliphatic carbocycles. The highest BCUT2D eigenvalue weighted by atomic mass is 16.6. The Kier molecular flexibility index (Phi) is 2.97. The van der Waals surface area contributed by atoms with Gasteiger partial charge in [-0.15, -0.1) is 0 Å². The van der Waals surface area contributed by atoms with Crippen LogP contribution in [-0.4, -0.2) is 14.1 Å². The smallest absolute Gasteiger partial charge is 0.289 e. The van der Waals surface area contributed by atoms with E-state index in [1.165, 1.54) is 18.5 Å². The van der Waals surface area contributed by atoms with Crippen LogP contribution in [0.2, 0.25) is 0 Å². The van der Waals surface area contributed by atoms with Crippen LogP contribution in [0.1, 0.15) is 25.6 Å². The minimum atomic E-state index is -0.871. The Hall–Kier alpha value is -1.92. The van der Waals surface area contributed by atoms with Crippen molar-refractivity contribution in [3.8, 4) is 0 Å². The van der Waals surface area contributed by atoms with Crippen LogP contribution in [0.25, 0.3) is 0 Å². The summed E-state index contributed by atoms with van der Waals surface area (Å²) < 4.78 is 1.99. The molecule has 0 spiro atoms. The Morgan fingerprint density at radius 1 is 1.31 bits per heavy atom. The quantitative estimate of drug-likeness (QED) is 0.538. The first-order chi connectivity index (χ1) is 7.29. The molecule has 1 aromatic heterocycles. The van der Waals surface area contributed by atoms with Crippen molar-refractivity contribution in [2.45, 2.75) is 26.8 Å². The molecule has 0 atom stereocenters. The summed E-state index contributed by atoms with van der Waals surface area (Å²) in [5.74, 6) is 0. The lowest BCUT2D eigenvalue weighted by Crippen LogP contribution is -2.41. The van der Waals surface area contributed by atoms with Crippen LogP contribution in [-0.2, 0) is 7.05 Å². The van der Waals surface area contributed by atoms with Crippen LogP contribution in [0.4, 0.5) is 5.69 Å². The minimum absolute atomic E-state index is 0.0908. The highest BCUT2D eigenvalue weighted by Gasteiger charge is 2.24. The number of nitrogens with zero attached hydrogens (tertiary/aromatic N) is 3. The van der Waals surface area contributed by atoms with E-state index in [0.29, 0.717) is 0 Å². The van der Waals surface area contributed by atoms with Crippen molar-refractivity contribution in [2.75, 3.05) is 0 Å². The largest absolute Gasteiger partial charge is 0.353 e. The van der Waals surface area contributed by atoms with E-state index in [0.717, 1.165) is 4.57 Å². The minimum Gasteiger partial charge on any atom is -0.289 e. The maximum atomic E-state index is 11.7. The summed E-state index contributed by atoms with van der Waals surface area (Å²) in [5.41, 5.74) is -1.86. The topological polar surface area (TPSA) is 87.1 Å². The Labute approximate surface area is 91.1 Å². The molecule has 0 fully saturated rings. The summed E-state index contributed by atoms with van der Waals surface area (Å²) in [6.07, 6.45) is 0. The Morgan fingerprint density at radius 3 is 2.19 bits per heavy atom. The zero-order valence-electron chi connectivity index (χ0n) is 9.55. The van der Waals surface area contributed by atoms with Crippen molar-refractivity contribution in [1.82, 2.24) is 9.13 Å². The molecule has 1 rings (SSSR count). The number of rotatable bonds is 2. The average molecular weight is 227 g/mol. The number of hydrogen-bond donors (Lipinski definition) is 0. The van der Waals surface area contributed by atoms with Crippen LogP contribution >= 0.6 is 0 Å². The molecule has 0 aliphatic heterocycles. The number of aromatic nitrogens is 2. The second-order valence-electron chi connectivity index (χ2n) is 3.80. The molecule has 0 bridgehead atoms. The molecular weight excluding hydrogens is 214 g/mol. The first-order valence-electron chi connectivity index (χ1n) is 4.75. The molecule has 0 aliphatic rings. The van der Waals surface area contributed by atoms with Crippen molar-refractivity contribution in [3.63, 3.8) is 0 Å². The molecule has 88 valence electrons. The first-order valence-corrected chi connectivity index (χ1v) is 4.75. The second kappa shape index (κ2) is 3.92. The fourth-order valence-electron chi connectivity index (χ4n) is 1.64. The van der Waals surface area contributed by atoms with Gasteiger partial charge in [-0.05, 0) is 20.8 Å². The van der Waals surface area contributed by atoms with Gasteiger partial charge < -0.3 is 0 Å². The van der Waals surface area contributed by atoms with Gasteiger partial charge >= 0.3 is 16.9 Å². The summed E-state index contributed by atoms with van der Waals surface area (Å²) in [4.78, 5) is 33.3. The van der Waals surface area contributed by atoms with Crippen molar-refractivity contribution >= 4 is 5.69 Å². The molecule has 1 aromatic rings. The van der Waals surface area contributed by atoms with E-state index < -0.39 is 21.9 Å². The third-order valence-corrected chi connectivity index (χ3v) is 2.40. The summed E-state index contributed by atoms with van der Waals surface area (Å²) in [6, 6.07) is -0.238. The summed E-state index contributed by atoms with van der Waals surface area (Å²) >= 11 is 0. The van der Waals surface area contributed by atoms with Crippen molar-refractivity contribution < 1.29 is 4.92 Å². The third-order valence-electron chi connectivity index (χ3n) is 2.40. The molecular formula is C9H13N3O4. The molecule has 0 saturated heterocycles. The van der Waals surface area contributed by atoms with Gasteiger partial charge in [0, 0.05) is 13.1 Å². The van der Waals surface area contributed by atoms with Crippen LogP contribution < -0.4 is 11.2 Å². The molecule has 16 heavy (non-hydrogen) atoms. The highest BCUT2D eigenvalue weighted by Crippen LogP contribution is 2.13. The van der Waals surface area contributed by atoms with E-state index in [1.807, 2.05) is 0 Å². The standard InChI is InChI=1S/C9H13N3O4/c1-5(2)11-6(3)7(12(15)16)8(13)10(4)9(11)14/h5H,1-4H3. The molecule has 0 aromatic carbocycles. The lowest BCUT2D eigenvalue weighted by atomic mass is 10.3. The summed E-state index contributed by atoms with van der Waals surface area (Å²) in [5, 5.41) is 10.8. The van der Waals surface area contributed by atoms with Crippen LogP contribution in [0.5, 0.6) is 0 Å². The van der Waals surface area contributed by atoms with Crippen molar-refractivity contribution in [2.24, 2.45) is 7.05 Å². The molecule has 7 nitrogen and oxygen atoms in total. The summed E-state index contributed by atoms with van der Waals surface area (Å²) in [7, 11) is 1.23. The van der Waals surface area contributed by atoms with Gasteiger partial charge in [-0.1, -0.05) is 0 Å². The zero-order valence-corrected chi connectivity index (χ0v) is 9.55. The fourth-order valence-corrected chi connectivity index (χ4v) is 1.64. The van der Waals surface area contributed by atoms with E-state index in [2.05, 4.69) is 0 Å². The van der Waals surface area contributed by atoms with Crippen LogP contribution in [0.15, 0.2) is 9.59 Å². The van der Waals surface area contributed by atoms with Crippen LogP contribution in [0, 0.1) is 17.0 Å². The molecule has 0 radical (unpaired) electrons. The van der Waals surface area contributed by atoms with Gasteiger partial charge in [0.25, 0.3) is 0 Å².